The van der Waals surface area contributed by atoms with Gasteiger partial charge in [0.05, 0.1) is 12.7 Å². The van der Waals surface area contributed by atoms with Crippen molar-refractivity contribution in [1.82, 2.24) is 24.8 Å². The summed E-state index contributed by atoms with van der Waals surface area (Å²) in [5, 5.41) is 8.11. The van der Waals surface area contributed by atoms with Crippen LogP contribution in [-0.2, 0) is 6.54 Å². The molecule has 1 aromatic rings. The van der Waals surface area contributed by atoms with Gasteiger partial charge >= 0.3 is 0 Å². The first-order chi connectivity index (χ1) is 7.24. The van der Waals surface area contributed by atoms with Gasteiger partial charge in [-0.15, -0.1) is 5.10 Å². The van der Waals surface area contributed by atoms with E-state index in [9.17, 15) is 0 Å². The van der Waals surface area contributed by atoms with Crippen molar-refractivity contribution < 1.29 is 0 Å². The van der Waals surface area contributed by atoms with E-state index in [0.717, 1.165) is 39.3 Å². The molecule has 0 saturated carbocycles. The van der Waals surface area contributed by atoms with Crippen molar-refractivity contribution in [2.24, 2.45) is 0 Å². The zero-order chi connectivity index (χ0) is 10.7. The van der Waals surface area contributed by atoms with Gasteiger partial charge in [-0.1, -0.05) is 0 Å². The summed E-state index contributed by atoms with van der Waals surface area (Å²) >= 11 is 0. The normalized spacial score (nSPS) is 19.5. The standard InChI is InChI=1S/C9H18N6/c1-13-2-4-14(5-3-13)6-7-15-11-8-9(10)12-15/h8H,2-7H2,1H3,(H2,10,12). The lowest BCUT2D eigenvalue weighted by molar-refractivity contribution is 0.147. The molecule has 0 spiro atoms. The van der Waals surface area contributed by atoms with E-state index in [4.69, 9.17) is 5.73 Å². The summed E-state index contributed by atoms with van der Waals surface area (Å²) in [5.41, 5.74) is 5.49. The van der Waals surface area contributed by atoms with Crippen LogP contribution in [0.25, 0.3) is 0 Å². The molecule has 1 aliphatic heterocycles. The number of piperazine rings is 1. The molecule has 2 heterocycles. The van der Waals surface area contributed by atoms with E-state index in [1.165, 1.54) is 0 Å². The first-order valence-electron chi connectivity index (χ1n) is 5.30. The average Bonchev–Trinajstić information content (AvgIpc) is 2.64. The monoisotopic (exact) mass is 210 g/mol. The molecular weight excluding hydrogens is 192 g/mol. The summed E-state index contributed by atoms with van der Waals surface area (Å²) < 4.78 is 0. The van der Waals surface area contributed by atoms with E-state index >= 15 is 0 Å². The molecule has 0 aliphatic carbocycles. The Kier molecular flexibility index (Phi) is 3.17. The van der Waals surface area contributed by atoms with Gasteiger partial charge in [-0.25, -0.2) is 0 Å². The van der Waals surface area contributed by atoms with Gasteiger partial charge in [0.15, 0.2) is 5.82 Å². The minimum Gasteiger partial charge on any atom is -0.381 e. The van der Waals surface area contributed by atoms with Crippen LogP contribution in [0.4, 0.5) is 5.82 Å². The Morgan fingerprint density at radius 1 is 1.27 bits per heavy atom. The first kappa shape index (κ1) is 10.4. The summed E-state index contributed by atoms with van der Waals surface area (Å²) in [7, 11) is 2.16. The Labute approximate surface area is 89.6 Å². The molecule has 0 aromatic carbocycles. The van der Waals surface area contributed by atoms with Gasteiger partial charge in [0.1, 0.15) is 0 Å². The lowest BCUT2D eigenvalue weighted by Crippen LogP contribution is -2.45. The maximum atomic E-state index is 5.49. The molecule has 6 nitrogen and oxygen atoms in total. The van der Waals surface area contributed by atoms with Crippen molar-refractivity contribution in [3.05, 3.63) is 6.20 Å². The third-order valence-corrected chi connectivity index (χ3v) is 2.77. The van der Waals surface area contributed by atoms with Gasteiger partial charge in [0.25, 0.3) is 0 Å². The fraction of sp³-hybridized carbons (Fsp3) is 0.778. The molecule has 0 radical (unpaired) electrons. The van der Waals surface area contributed by atoms with Crippen LogP contribution >= 0.6 is 0 Å². The van der Waals surface area contributed by atoms with Crippen LogP contribution in [0.3, 0.4) is 0 Å². The quantitative estimate of drug-likeness (QED) is 0.701. The number of aromatic nitrogens is 3. The van der Waals surface area contributed by atoms with Crippen molar-refractivity contribution in [1.29, 1.82) is 0 Å². The number of nitrogens with two attached hydrogens (primary N) is 1. The van der Waals surface area contributed by atoms with Gasteiger partial charge in [-0.2, -0.15) is 9.90 Å². The molecule has 1 saturated heterocycles. The second-order valence-electron chi connectivity index (χ2n) is 4.01. The molecule has 1 aromatic heterocycles. The predicted octanol–water partition coefficient (Wildman–Crippen LogP) is -0.892. The van der Waals surface area contributed by atoms with Crippen LogP contribution in [0.1, 0.15) is 0 Å². The van der Waals surface area contributed by atoms with Crippen LogP contribution in [0, 0.1) is 0 Å². The summed E-state index contributed by atoms with van der Waals surface area (Å²) in [5.74, 6) is 0.494. The number of hydrogen-bond donors (Lipinski definition) is 1. The Balaban J connectivity index is 1.74. The number of likely N-dealkylation sites (N-methyl/N-ethyl adjacent to an activating group) is 1. The largest absolute Gasteiger partial charge is 0.381 e. The highest BCUT2D eigenvalue weighted by molar-refractivity contribution is 5.19. The topological polar surface area (TPSA) is 63.2 Å². The third-order valence-electron chi connectivity index (χ3n) is 2.77. The van der Waals surface area contributed by atoms with E-state index in [1.807, 2.05) is 0 Å². The van der Waals surface area contributed by atoms with E-state index in [2.05, 4.69) is 27.0 Å². The second-order valence-corrected chi connectivity index (χ2v) is 4.01. The van der Waals surface area contributed by atoms with Crippen molar-refractivity contribution in [3.8, 4) is 0 Å². The summed E-state index contributed by atoms with van der Waals surface area (Å²) in [6.45, 7) is 6.38. The Hall–Kier alpha value is -1.14. The second kappa shape index (κ2) is 4.59. The third kappa shape index (κ3) is 2.90. The van der Waals surface area contributed by atoms with Crippen molar-refractivity contribution in [2.45, 2.75) is 6.54 Å². The molecule has 0 unspecified atom stereocenters. The van der Waals surface area contributed by atoms with E-state index in [-0.39, 0.29) is 0 Å². The molecular formula is C9H18N6. The first-order valence-corrected chi connectivity index (χ1v) is 5.30. The molecule has 0 bridgehead atoms. The minimum atomic E-state index is 0.494. The van der Waals surface area contributed by atoms with E-state index in [0.29, 0.717) is 5.82 Å². The Morgan fingerprint density at radius 3 is 2.60 bits per heavy atom. The molecule has 0 amide bonds. The van der Waals surface area contributed by atoms with E-state index in [1.54, 1.807) is 11.0 Å². The lowest BCUT2D eigenvalue weighted by Gasteiger charge is -2.32. The SMILES string of the molecule is CN1CCN(CCn2ncc(N)n2)CC1. The van der Waals surface area contributed by atoms with Gasteiger partial charge in [-0.3, -0.25) is 4.90 Å². The highest BCUT2D eigenvalue weighted by Crippen LogP contribution is 1.99. The summed E-state index contributed by atoms with van der Waals surface area (Å²) in [4.78, 5) is 6.44. The van der Waals surface area contributed by atoms with Crippen LogP contribution < -0.4 is 5.73 Å². The van der Waals surface area contributed by atoms with Crippen molar-refractivity contribution in [3.63, 3.8) is 0 Å². The molecule has 1 aliphatic rings. The molecule has 1 fully saturated rings. The summed E-state index contributed by atoms with van der Waals surface area (Å²) in [6, 6.07) is 0. The van der Waals surface area contributed by atoms with Crippen LogP contribution in [0.15, 0.2) is 6.20 Å². The molecule has 84 valence electrons. The van der Waals surface area contributed by atoms with Gasteiger partial charge in [0, 0.05) is 32.7 Å². The minimum absolute atomic E-state index is 0.494. The maximum absolute atomic E-state index is 5.49. The van der Waals surface area contributed by atoms with E-state index < -0.39 is 0 Å². The molecule has 0 atom stereocenters. The predicted molar refractivity (Wildman–Crippen MR) is 58.4 cm³/mol. The number of hydrogen-bond acceptors (Lipinski definition) is 5. The highest BCUT2D eigenvalue weighted by Gasteiger charge is 2.13. The zero-order valence-corrected chi connectivity index (χ0v) is 9.13. The molecule has 6 heteroatoms. The number of rotatable bonds is 3. The number of nitrogens with zero attached hydrogens (tertiary/aromatic N) is 5. The van der Waals surface area contributed by atoms with Gasteiger partial charge in [0.2, 0.25) is 0 Å². The Bertz CT molecular complexity index is 301. The fourth-order valence-electron chi connectivity index (χ4n) is 1.72. The van der Waals surface area contributed by atoms with Crippen LogP contribution in [-0.4, -0.2) is 64.6 Å². The smallest absolute Gasteiger partial charge is 0.165 e. The highest BCUT2D eigenvalue weighted by atomic mass is 15.5. The van der Waals surface area contributed by atoms with Crippen molar-refractivity contribution in [2.75, 3.05) is 45.5 Å². The zero-order valence-electron chi connectivity index (χ0n) is 9.13. The van der Waals surface area contributed by atoms with Crippen LogP contribution in [0.5, 0.6) is 0 Å². The Morgan fingerprint density at radius 2 is 2.00 bits per heavy atom. The number of nitrogen functional groups attached to an aromatic ring is 1. The summed E-state index contributed by atoms with van der Waals surface area (Å²) in [6.07, 6.45) is 1.59. The molecule has 2 rings (SSSR count). The van der Waals surface area contributed by atoms with Gasteiger partial charge < -0.3 is 10.6 Å². The molecule has 15 heavy (non-hydrogen) atoms. The lowest BCUT2D eigenvalue weighted by atomic mass is 10.3. The van der Waals surface area contributed by atoms with Crippen LogP contribution in [0.2, 0.25) is 0 Å². The number of anilines is 1. The fourth-order valence-corrected chi connectivity index (χ4v) is 1.72. The van der Waals surface area contributed by atoms with Crippen molar-refractivity contribution >= 4 is 5.82 Å². The average molecular weight is 210 g/mol. The maximum Gasteiger partial charge on any atom is 0.165 e. The molecule has 2 N–H and O–H groups in total. The van der Waals surface area contributed by atoms with Gasteiger partial charge in [-0.05, 0) is 7.05 Å².